The zero-order valence-corrected chi connectivity index (χ0v) is 10.6. The molecule has 0 atom stereocenters. The summed E-state index contributed by atoms with van der Waals surface area (Å²) in [5.41, 5.74) is 0.647. The Balaban J connectivity index is 2.87. The lowest BCUT2D eigenvalue weighted by Gasteiger charge is -2.55. The maximum absolute atomic E-state index is 3.43. The van der Waals surface area contributed by atoms with E-state index in [2.05, 4.69) is 51.9 Å². The summed E-state index contributed by atoms with van der Waals surface area (Å²) in [5, 5.41) is 3.43. The van der Waals surface area contributed by atoms with Gasteiger partial charge in [-0.15, -0.1) is 0 Å². The SMILES string of the molecule is CCN1C(C)(C)CC(NC)CC1(C)C. The summed E-state index contributed by atoms with van der Waals surface area (Å²) >= 11 is 0. The standard InChI is InChI=1S/C12H26N2/c1-7-14-11(2,3)8-10(13-6)9-12(14,4)5/h10,13H,7-9H2,1-6H3. The van der Waals surface area contributed by atoms with Crippen LogP contribution in [-0.4, -0.2) is 35.6 Å². The summed E-state index contributed by atoms with van der Waals surface area (Å²) < 4.78 is 0. The lowest BCUT2D eigenvalue weighted by atomic mass is 9.77. The summed E-state index contributed by atoms with van der Waals surface area (Å²) in [6, 6.07) is 0.669. The molecule has 1 heterocycles. The third kappa shape index (κ3) is 2.12. The molecule has 1 aliphatic rings. The molecule has 1 saturated heterocycles. The van der Waals surface area contributed by atoms with Gasteiger partial charge in [-0.05, 0) is 54.1 Å². The van der Waals surface area contributed by atoms with Gasteiger partial charge >= 0.3 is 0 Å². The average Bonchev–Trinajstić information content (AvgIpc) is 2.00. The van der Waals surface area contributed by atoms with Crippen LogP contribution in [-0.2, 0) is 0 Å². The van der Waals surface area contributed by atoms with E-state index >= 15 is 0 Å². The second kappa shape index (κ2) is 3.82. The number of nitrogens with one attached hydrogen (secondary N) is 1. The fourth-order valence-electron chi connectivity index (χ4n) is 3.38. The molecule has 0 amide bonds. The molecule has 0 aromatic carbocycles. The van der Waals surface area contributed by atoms with Crippen LogP contribution in [0.25, 0.3) is 0 Å². The fraction of sp³-hybridized carbons (Fsp3) is 1.00. The monoisotopic (exact) mass is 198 g/mol. The van der Waals surface area contributed by atoms with E-state index < -0.39 is 0 Å². The predicted molar refractivity (Wildman–Crippen MR) is 62.6 cm³/mol. The van der Waals surface area contributed by atoms with Crippen LogP contribution in [0.2, 0.25) is 0 Å². The van der Waals surface area contributed by atoms with Crippen molar-refractivity contribution < 1.29 is 0 Å². The van der Waals surface area contributed by atoms with Crippen molar-refractivity contribution in [2.45, 2.75) is 64.6 Å². The number of likely N-dealkylation sites (tertiary alicyclic amines) is 1. The minimum Gasteiger partial charge on any atom is -0.317 e. The van der Waals surface area contributed by atoms with Crippen LogP contribution in [0.3, 0.4) is 0 Å². The van der Waals surface area contributed by atoms with Crippen LogP contribution < -0.4 is 5.32 Å². The third-order valence-corrected chi connectivity index (χ3v) is 3.68. The van der Waals surface area contributed by atoms with Gasteiger partial charge in [-0.1, -0.05) is 6.92 Å². The zero-order chi connectivity index (χ0) is 11.0. The number of nitrogens with zero attached hydrogens (tertiary/aromatic N) is 1. The van der Waals surface area contributed by atoms with Gasteiger partial charge in [0, 0.05) is 17.1 Å². The number of rotatable bonds is 2. The predicted octanol–water partition coefficient (Wildman–Crippen LogP) is 2.25. The van der Waals surface area contributed by atoms with Crippen LogP contribution in [0.1, 0.15) is 47.5 Å². The van der Waals surface area contributed by atoms with E-state index in [-0.39, 0.29) is 0 Å². The summed E-state index contributed by atoms with van der Waals surface area (Å²) in [4.78, 5) is 2.63. The van der Waals surface area contributed by atoms with Crippen molar-refractivity contribution in [2.75, 3.05) is 13.6 Å². The quantitative estimate of drug-likeness (QED) is 0.732. The van der Waals surface area contributed by atoms with E-state index in [1.54, 1.807) is 0 Å². The molecule has 0 bridgehead atoms. The van der Waals surface area contributed by atoms with Gasteiger partial charge in [-0.2, -0.15) is 0 Å². The molecule has 2 nitrogen and oxygen atoms in total. The van der Waals surface area contributed by atoms with Crippen molar-refractivity contribution in [2.24, 2.45) is 0 Å². The van der Waals surface area contributed by atoms with Crippen molar-refractivity contribution in [1.29, 1.82) is 0 Å². The van der Waals surface area contributed by atoms with E-state index in [9.17, 15) is 0 Å². The highest BCUT2D eigenvalue weighted by atomic mass is 15.3. The van der Waals surface area contributed by atoms with Crippen LogP contribution in [0.5, 0.6) is 0 Å². The minimum atomic E-state index is 0.324. The molecule has 0 radical (unpaired) electrons. The van der Waals surface area contributed by atoms with Crippen LogP contribution in [0.4, 0.5) is 0 Å². The highest BCUT2D eigenvalue weighted by Gasteiger charge is 2.43. The molecule has 1 N–H and O–H groups in total. The normalized spacial score (nSPS) is 27.9. The molecule has 1 fully saturated rings. The molecule has 14 heavy (non-hydrogen) atoms. The van der Waals surface area contributed by atoms with Gasteiger partial charge in [0.15, 0.2) is 0 Å². The topological polar surface area (TPSA) is 15.3 Å². The molecular formula is C12H26N2. The van der Waals surface area contributed by atoms with Crippen molar-refractivity contribution >= 4 is 0 Å². The first-order chi connectivity index (χ1) is 6.33. The van der Waals surface area contributed by atoms with Crippen molar-refractivity contribution in [1.82, 2.24) is 10.2 Å². The van der Waals surface area contributed by atoms with Gasteiger partial charge in [0.25, 0.3) is 0 Å². The molecule has 84 valence electrons. The Hall–Kier alpha value is -0.0800. The lowest BCUT2D eigenvalue weighted by Crippen LogP contribution is -2.63. The Morgan fingerprint density at radius 2 is 1.57 bits per heavy atom. The summed E-state index contributed by atoms with van der Waals surface area (Å²) in [7, 11) is 2.08. The van der Waals surface area contributed by atoms with Crippen molar-refractivity contribution in [3.63, 3.8) is 0 Å². The van der Waals surface area contributed by atoms with E-state index in [0.29, 0.717) is 17.1 Å². The second-order valence-electron chi connectivity index (χ2n) is 5.76. The van der Waals surface area contributed by atoms with Gasteiger partial charge in [-0.3, -0.25) is 4.90 Å². The molecule has 0 aromatic heterocycles. The largest absolute Gasteiger partial charge is 0.317 e. The van der Waals surface area contributed by atoms with Gasteiger partial charge in [0.2, 0.25) is 0 Å². The molecule has 0 spiro atoms. The van der Waals surface area contributed by atoms with Crippen LogP contribution in [0, 0.1) is 0 Å². The first-order valence-corrected chi connectivity index (χ1v) is 5.78. The highest BCUT2D eigenvalue weighted by Crippen LogP contribution is 2.37. The number of piperidine rings is 1. The lowest BCUT2D eigenvalue weighted by molar-refractivity contribution is -0.0350. The number of hydrogen-bond acceptors (Lipinski definition) is 2. The van der Waals surface area contributed by atoms with E-state index in [4.69, 9.17) is 0 Å². The summed E-state index contributed by atoms with van der Waals surface area (Å²) in [6.45, 7) is 12.9. The summed E-state index contributed by atoms with van der Waals surface area (Å²) in [5.74, 6) is 0. The Kier molecular flexibility index (Phi) is 3.27. The molecule has 0 aromatic rings. The maximum Gasteiger partial charge on any atom is 0.0173 e. The van der Waals surface area contributed by atoms with Crippen LogP contribution in [0.15, 0.2) is 0 Å². The van der Waals surface area contributed by atoms with Gasteiger partial charge in [0.1, 0.15) is 0 Å². The maximum atomic E-state index is 3.43. The minimum absolute atomic E-state index is 0.324. The average molecular weight is 198 g/mol. The Bertz CT molecular complexity index is 178. The van der Waals surface area contributed by atoms with E-state index in [1.807, 2.05) is 0 Å². The van der Waals surface area contributed by atoms with Crippen molar-refractivity contribution in [3.8, 4) is 0 Å². The Morgan fingerprint density at radius 3 is 1.86 bits per heavy atom. The molecule has 0 unspecified atom stereocenters. The molecule has 0 saturated carbocycles. The molecule has 1 rings (SSSR count). The molecule has 2 heteroatoms. The van der Waals surface area contributed by atoms with Gasteiger partial charge < -0.3 is 5.32 Å². The summed E-state index contributed by atoms with van der Waals surface area (Å²) in [6.07, 6.45) is 2.50. The Labute approximate surface area is 89.1 Å². The smallest absolute Gasteiger partial charge is 0.0173 e. The molecule has 1 aliphatic heterocycles. The van der Waals surface area contributed by atoms with Crippen LogP contribution >= 0.6 is 0 Å². The first kappa shape index (κ1) is 12.0. The molecular weight excluding hydrogens is 172 g/mol. The molecule has 0 aliphatic carbocycles. The van der Waals surface area contributed by atoms with Gasteiger partial charge in [-0.25, -0.2) is 0 Å². The second-order valence-corrected chi connectivity index (χ2v) is 5.76. The van der Waals surface area contributed by atoms with E-state index in [0.717, 1.165) is 6.54 Å². The Morgan fingerprint density at radius 1 is 1.14 bits per heavy atom. The first-order valence-electron chi connectivity index (χ1n) is 5.78. The van der Waals surface area contributed by atoms with Crippen molar-refractivity contribution in [3.05, 3.63) is 0 Å². The fourth-order valence-corrected chi connectivity index (χ4v) is 3.38. The zero-order valence-electron chi connectivity index (χ0n) is 10.6. The highest BCUT2D eigenvalue weighted by molar-refractivity contribution is 5.01. The van der Waals surface area contributed by atoms with Gasteiger partial charge in [0.05, 0.1) is 0 Å². The third-order valence-electron chi connectivity index (χ3n) is 3.68. The number of hydrogen-bond donors (Lipinski definition) is 1. The van der Waals surface area contributed by atoms with E-state index in [1.165, 1.54) is 12.8 Å².